The van der Waals surface area contributed by atoms with Crippen LogP contribution < -0.4 is 15.4 Å². The van der Waals surface area contributed by atoms with Gasteiger partial charge >= 0.3 is 12.4 Å². The van der Waals surface area contributed by atoms with E-state index in [1.165, 1.54) is 31.6 Å². The Morgan fingerprint density at radius 1 is 0.861 bits per heavy atom. The molecule has 0 bridgehead atoms. The largest absolute Gasteiger partial charge is 0.457 e. The maximum absolute atomic E-state index is 13.1. The maximum atomic E-state index is 13.1. The molecule has 2 N–H and O–H groups in total. The van der Waals surface area contributed by atoms with Crippen molar-refractivity contribution in [1.82, 2.24) is 20.3 Å². The summed E-state index contributed by atoms with van der Waals surface area (Å²) in [5, 5.41) is 5.33. The number of halogens is 6. The second-order valence-corrected chi connectivity index (χ2v) is 7.39. The van der Waals surface area contributed by atoms with Gasteiger partial charge < -0.3 is 15.4 Å². The van der Waals surface area contributed by atoms with Crippen molar-refractivity contribution in [3.05, 3.63) is 77.7 Å². The lowest BCUT2D eigenvalue weighted by atomic mass is 10.1. The van der Waals surface area contributed by atoms with Gasteiger partial charge in [0.05, 0.1) is 16.6 Å². The topological polar surface area (TPSA) is 89.0 Å². The molecule has 186 valence electrons. The van der Waals surface area contributed by atoms with Crippen LogP contribution in [0.3, 0.4) is 0 Å². The molecule has 0 atom stereocenters. The molecule has 0 fully saturated rings. The van der Waals surface area contributed by atoms with Crippen LogP contribution in [0.25, 0.3) is 10.9 Å². The lowest BCUT2D eigenvalue weighted by Gasteiger charge is -2.15. The average molecular weight is 507 g/mol. The Morgan fingerprint density at radius 2 is 1.53 bits per heavy atom. The van der Waals surface area contributed by atoms with Gasteiger partial charge in [0, 0.05) is 36.6 Å². The third-order valence-corrected chi connectivity index (χ3v) is 4.82. The second kappa shape index (κ2) is 9.32. The van der Waals surface area contributed by atoms with Gasteiger partial charge in [0.15, 0.2) is 0 Å². The van der Waals surface area contributed by atoms with Crippen molar-refractivity contribution in [2.75, 3.05) is 12.4 Å². The highest BCUT2D eigenvalue weighted by molar-refractivity contribution is 5.92. The SMILES string of the molecule is CNC(=O)c1cc(Oc2ccc3nc(Nc4cc(C(F)(F)F)cc(C(F)(F)F)c4)ncc3c2)ccn1. The lowest BCUT2D eigenvalue weighted by molar-refractivity contribution is -0.143. The van der Waals surface area contributed by atoms with Crippen LogP contribution in [0.1, 0.15) is 21.6 Å². The van der Waals surface area contributed by atoms with Crippen LogP contribution in [-0.2, 0) is 12.4 Å². The molecule has 36 heavy (non-hydrogen) atoms. The number of ether oxygens (including phenoxy) is 1. The van der Waals surface area contributed by atoms with E-state index in [4.69, 9.17) is 4.74 Å². The molecule has 4 rings (SSSR count). The monoisotopic (exact) mass is 507 g/mol. The first-order valence-corrected chi connectivity index (χ1v) is 10.1. The molecule has 0 spiro atoms. The van der Waals surface area contributed by atoms with Gasteiger partial charge in [0.25, 0.3) is 5.91 Å². The molecule has 0 unspecified atom stereocenters. The van der Waals surface area contributed by atoms with Crippen molar-refractivity contribution >= 4 is 28.4 Å². The summed E-state index contributed by atoms with van der Waals surface area (Å²) in [4.78, 5) is 23.8. The van der Waals surface area contributed by atoms with E-state index in [0.717, 1.165) is 0 Å². The number of nitrogens with zero attached hydrogens (tertiary/aromatic N) is 3. The first-order valence-electron chi connectivity index (χ1n) is 10.1. The summed E-state index contributed by atoms with van der Waals surface area (Å²) >= 11 is 0. The minimum Gasteiger partial charge on any atom is -0.457 e. The fourth-order valence-electron chi connectivity index (χ4n) is 3.15. The first-order chi connectivity index (χ1) is 16.9. The number of carbonyl (C=O) groups excluding carboxylic acids is 1. The Bertz CT molecular complexity index is 1410. The zero-order valence-electron chi connectivity index (χ0n) is 18.2. The summed E-state index contributed by atoms with van der Waals surface area (Å²) < 4.78 is 84.3. The maximum Gasteiger partial charge on any atom is 0.416 e. The quantitative estimate of drug-likeness (QED) is 0.324. The predicted molar refractivity (Wildman–Crippen MR) is 117 cm³/mol. The van der Waals surface area contributed by atoms with Crippen molar-refractivity contribution in [3.63, 3.8) is 0 Å². The molecule has 4 aromatic rings. The molecule has 7 nitrogen and oxygen atoms in total. The first kappa shape index (κ1) is 24.7. The van der Waals surface area contributed by atoms with Gasteiger partial charge in [-0.15, -0.1) is 0 Å². The summed E-state index contributed by atoms with van der Waals surface area (Å²) in [6, 6.07) is 8.76. The number of benzene rings is 2. The highest BCUT2D eigenvalue weighted by atomic mass is 19.4. The van der Waals surface area contributed by atoms with E-state index in [0.29, 0.717) is 34.5 Å². The van der Waals surface area contributed by atoms with Crippen LogP contribution in [0.15, 0.2) is 60.9 Å². The molecule has 0 aliphatic heterocycles. The zero-order chi connectivity index (χ0) is 26.1. The van der Waals surface area contributed by atoms with Crippen LogP contribution in [0, 0.1) is 0 Å². The number of hydrogen-bond donors (Lipinski definition) is 2. The molecule has 13 heteroatoms. The summed E-state index contributed by atoms with van der Waals surface area (Å²) in [6.45, 7) is 0. The van der Waals surface area contributed by atoms with Crippen LogP contribution in [0.2, 0.25) is 0 Å². The fourth-order valence-corrected chi connectivity index (χ4v) is 3.15. The van der Waals surface area contributed by atoms with E-state index in [1.54, 1.807) is 18.2 Å². The molecule has 2 aromatic carbocycles. The van der Waals surface area contributed by atoms with Crippen molar-refractivity contribution in [2.45, 2.75) is 12.4 Å². The second-order valence-electron chi connectivity index (χ2n) is 7.39. The minimum absolute atomic E-state index is 0.0361. The summed E-state index contributed by atoms with van der Waals surface area (Å²) in [7, 11) is 1.46. The van der Waals surface area contributed by atoms with E-state index in [-0.39, 0.29) is 17.7 Å². The van der Waals surface area contributed by atoms with E-state index < -0.39 is 35.1 Å². The molecule has 0 saturated heterocycles. The van der Waals surface area contributed by atoms with E-state index in [9.17, 15) is 31.1 Å². The van der Waals surface area contributed by atoms with Crippen molar-refractivity contribution in [2.24, 2.45) is 0 Å². The van der Waals surface area contributed by atoms with Crippen LogP contribution in [-0.4, -0.2) is 27.9 Å². The molecular formula is C23H15F6N5O2. The van der Waals surface area contributed by atoms with Crippen molar-refractivity contribution in [1.29, 1.82) is 0 Å². The van der Waals surface area contributed by atoms with Crippen LogP contribution in [0.5, 0.6) is 11.5 Å². The number of aromatic nitrogens is 3. The van der Waals surface area contributed by atoms with Gasteiger partial charge in [-0.05, 0) is 42.5 Å². The number of amides is 1. The van der Waals surface area contributed by atoms with E-state index in [2.05, 4.69) is 25.6 Å². The summed E-state index contributed by atoms with van der Waals surface area (Å²) in [6.07, 6.45) is -7.22. The van der Waals surface area contributed by atoms with Crippen molar-refractivity contribution < 1.29 is 35.9 Å². The smallest absolute Gasteiger partial charge is 0.416 e. The number of fused-ring (bicyclic) bond motifs is 1. The van der Waals surface area contributed by atoms with Gasteiger partial charge in [0.1, 0.15) is 17.2 Å². The summed E-state index contributed by atoms with van der Waals surface area (Å²) in [5.74, 6) is 0.115. The Kier molecular flexibility index (Phi) is 6.39. The number of carbonyl (C=O) groups is 1. The number of nitrogens with one attached hydrogen (secondary N) is 2. The number of pyridine rings is 1. The van der Waals surface area contributed by atoms with Gasteiger partial charge in [-0.25, -0.2) is 9.97 Å². The summed E-state index contributed by atoms with van der Waals surface area (Å²) in [5.41, 5.74) is -2.89. The van der Waals surface area contributed by atoms with E-state index in [1.807, 2.05) is 0 Å². The van der Waals surface area contributed by atoms with Crippen LogP contribution >= 0.6 is 0 Å². The Hall–Kier alpha value is -4.42. The predicted octanol–water partition coefficient (Wildman–Crippen LogP) is 5.96. The molecule has 0 aliphatic carbocycles. The number of rotatable bonds is 5. The van der Waals surface area contributed by atoms with E-state index >= 15 is 0 Å². The Labute approximate surface area is 199 Å². The number of anilines is 2. The number of alkyl halides is 6. The third kappa shape index (κ3) is 5.62. The fraction of sp³-hybridized carbons (Fsp3) is 0.130. The molecule has 0 aliphatic rings. The molecule has 2 heterocycles. The lowest BCUT2D eigenvalue weighted by Crippen LogP contribution is -2.18. The van der Waals surface area contributed by atoms with Gasteiger partial charge in [-0.3, -0.25) is 9.78 Å². The molecule has 0 radical (unpaired) electrons. The number of hydrogen-bond acceptors (Lipinski definition) is 6. The van der Waals surface area contributed by atoms with Crippen molar-refractivity contribution in [3.8, 4) is 11.5 Å². The average Bonchev–Trinajstić information content (AvgIpc) is 2.82. The molecule has 0 saturated carbocycles. The van der Waals surface area contributed by atoms with Gasteiger partial charge in [-0.1, -0.05) is 0 Å². The zero-order valence-corrected chi connectivity index (χ0v) is 18.2. The highest BCUT2D eigenvalue weighted by Crippen LogP contribution is 2.38. The Balaban J connectivity index is 1.59. The Morgan fingerprint density at radius 3 is 2.17 bits per heavy atom. The molecule has 2 aromatic heterocycles. The van der Waals surface area contributed by atoms with Crippen LogP contribution in [0.4, 0.5) is 38.0 Å². The van der Waals surface area contributed by atoms with Gasteiger partial charge in [-0.2, -0.15) is 26.3 Å². The normalized spacial score (nSPS) is 11.9. The standard InChI is InChI=1S/C23H15F6N5O2/c1-30-20(35)19-10-17(4-5-31-19)36-16-2-3-18-12(6-16)11-32-21(34-18)33-15-8-13(22(24,25)26)7-14(9-15)23(27,28)29/h2-11H,1H3,(H,30,35)(H,32,33,34). The molecule has 1 amide bonds. The highest BCUT2D eigenvalue weighted by Gasteiger charge is 2.37. The minimum atomic E-state index is -4.98. The van der Waals surface area contributed by atoms with Gasteiger partial charge in [0.2, 0.25) is 5.95 Å². The molecular weight excluding hydrogens is 492 g/mol. The third-order valence-electron chi connectivity index (χ3n) is 4.82.